The highest BCUT2D eigenvalue weighted by Gasteiger charge is 2.21. The quantitative estimate of drug-likeness (QED) is 0.213. The van der Waals surface area contributed by atoms with Gasteiger partial charge in [-0.25, -0.2) is 0 Å². The minimum atomic E-state index is 0.833. The third-order valence-corrected chi connectivity index (χ3v) is 8.72. The summed E-state index contributed by atoms with van der Waals surface area (Å²) >= 11 is 0. The zero-order chi connectivity index (χ0) is 29.0. The first kappa shape index (κ1) is 24.7. The summed E-state index contributed by atoms with van der Waals surface area (Å²) in [6.07, 6.45) is 0. The Morgan fingerprint density at radius 3 is 1.61 bits per heavy atom. The first-order valence-corrected chi connectivity index (χ1v) is 14.9. The minimum absolute atomic E-state index is 0.833. The second-order valence-electron chi connectivity index (χ2n) is 11.3. The molecule has 0 aliphatic carbocycles. The highest BCUT2D eigenvalue weighted by atomic mass is 16.5. The molecule has 0 unspecified atom stereocenters. The van der Waals surface area contributed by atoms with Gasteiger partial charge < -0.3 is 9.15 Å². The molecule has 0 fully saturated rings. The monoisotopic (exact) mass is 562 g/mol. The highest BCUT2D eigenvalue weighted by molar-refractivity contribution is 6.07. The van der Waals surface area contributed by atoms with Crippen molar-refractivity contribution in [2.24, 2.45) is 0 Å². The van der Waals surface area contributed by atoms with Crippen molar-refractivity contribution >= 4 is 21.5 Å². The SMILES string of the molecule is c1ccc(-c2cccc3cccc(-c4ccc(-c5ccc(-c6ccc7c(c6)-c6cccc8cccc(c68)O7)o5)cc4)c23)cc1. The van der Waals surface area contributed by atoms with Gasteiger partial charge in [0, 0.05) is 22.1 Å². The molecule has 0 saturated carbocycles. The number of benzene rings is 7. The van der Waals surface area contributed by atoms with Crippen LogP contribution in [0.3, 0.4) is 0 Å². The third-order valence-electron chi connectivity index (χ3n) is 8.72. The van der Waals surface area contributed by atoms with Gasteiger partial charge in [0.2, 0.25) is 0 Å². The van der Waals surface area contributed by atoms with Crippen LogP contribution in [0.25, 0.3) is 77.6 Å². The summed E-state index contributed by atoms with van der Waals surface area (Å²) < 4.78 is 12.7. The molecule has 0 bridgehead atoms. The molecule has 8 aromatic rings. The number of hydrogen-bond acceptors (Lipinski definition) is 2. The summed E-state index contributed by atoms with van der Waals surface area (Å²) in [5.41, 5.74) is 9.21. The third kappa shape index (κ3) is 3.96. The maximum atomic E-state index is 6.44. The summed E-state index contributed by atoms with van der Waals surface area (Å²) in [4.78, 5) is 0. The normalized spacial score (nSPS) is 11.8. The van der Waals surface area contributed by atoms with Gasteiger partial charge in [0.15, 0.2) is 0 Å². The Morgan fingerprint density at radius 1 is 0.318 bits per heavy atom. The fourth-order valence-corrected chi connectivity index (χ4v) is 6.62. The van der Waals surface area contributed by atoms with Crippen LogP contribution in [0.1, 0.15) is 0 Å². The van der Waals surface area contributed by atoms with Gasteiger partial charge in [-0.2, -0.15) is 0 Å². The van der Waals surface area contributed by atoms with Gasteiger partial charge in [0.05, 0.1) is 0 Å². The maximum absolute atomic E-state index is 6.44. The highest BCUT2D eigenvalue weighted by Crippen LogP contribution is 2.47. The summed E-state index contributed by atoms with van der Waals surface area (Å²) in [6.45, 7) is 0. The number of fused-ring (bicyclic) bond motifs is 3. The van der Waals surface area contributed by atoms with E-state index in [1.54, 1.807) is 0 Å². The molecule has 2 nitrogen and oxygen atoms in total. The van der Waals surface area contributed by atoms with Crippen molar-refractivity contribution in [3.8, 4) is 67.5 Å². The van der Waals surface area contributed by atoms with E-state index in [-0.39, 0.29) is 0 Å². The number of furan rings is 1. The van der Waals surface area contributed by atoms with Crippen LogP contribution >= 0.6 is 0 Å². The smallest absolute Gasteiger partial charge is 0.135 e. The molecule has 0 amide bonds. The lowest BCUT2D eigenvalue weighted by Gasteiger charge is -2.21. The van der Waals surface area contributed by atoms with E-state index in [2.05, 4.69) is 140 Å². The van der Waals surface area contributed by atoms with Crippen LogP contribution in [0.5, 0.6) is 11.5 Å². The molecular formula is C42H26O2. The lowest BCUT2D eigenvalue weighted by Crippen LogP contribution is -1.97. The Morgan fingerprint density at radius 2 is 0.886 bits per heavy atom. The van der Waals surface area contributed by atoms with Crippen molar-refractivity contribution in [1.29, 1.82) is 0 Å². The largest absolute Gasteiger partial charge is 0.456 e. The summed E-state index contributed by atoms with van der Waals surface area (Å²) in [5.74, 6) is 3.45. The van der Waals surface area contributed by atoms with Gasteiger partial charge in [-0.3, -0.25) is 0 Å². The first-order valence-electron chi connectivity index (χ1n) is 14.9. The van der Waals surface area contributed by atoms with E-state index in [0.29, 0.717) is 0 Å². The lowest BCUT2D eigenvalue weighted by molar-refractivity contribution is 0.487. The van der Waals surface area contributed by atoms with E-state index < -0.39 is 0 Å². The Labute approximate surface area is 255 Å². The summed E-state index contributed by atoms with van der Waals surface area (Å²) in [5, 5.41) is 4.84. The average molecular weight is 563 g/mol. The second kappa shape index (κ2) is 9.86. The van der Waals surface area contributed by atoms with Gasteiger partial charge in [-0.15, -0.1) is 0 Å². The molecule has 0 atom stereocenters. The van der Waals surface area contributed by atoms with E-state index in [1.807, 2.05) is 18.2 Å². The molecule has 206 valence electrons. The van der Waals surface area contributed by atoms with Crippen LogP contribution in [0.4, 0.5) is 0 Å². The van der Waals surface area contributed by atoms with Crippen molar-refractivity contribution in [2.75, 3.05) is 0 Å². The van der Waals surface area contributed by atoms with Crippen LogP contribution in [-0.4, -0.2) is 0 Å². The molecule has 2 heterocycles. The average Bonchev–Trinajstić information content (AvgIpc) is 3.59. The van der Waals surface area contributed by atoms with Crippen LogP contribution < -0.4 is 4.74 Å². The molecular weight excluding hydrogens is 536 g/mol. The Balaban J connectivity index is 1.06. The molecule has 0 radical (unpaired) electrons. The zero-order valence-corrected chi connectivity index (χ0v) is 23.8. The predicted molar refractivity (Wildman–Crippen MR) is 181 cm³/mol. The van der Waals surface area contributed by atoms with E-state index >= 15 is 0 Å². The van der Waals surface area contributed by atoms with Crippen LogP contribution in [-0.2, 0) is 0 Å². The van der Waals surface area contributed by atoms with Crippen LogP contribution in [0.2, 0.25) is 0 Å². The van der Waals surface area contributed by atoms with Gasteiger partial charge in [-0.05, 0) is 80.4 Å². The zero-order valence-electron chi connectivity index (χ0n) is 23.8. The Hall–Kier alpha value is -5.86. The molecule has 7 aromatic carbocycles. The van der Waals surface area contributed by atoms with E-state index in [9.17, 15) is 0 Å². The summed E-state index contributed by atoms with van der Waals surface area (Å²) in [7, 11) is 0. The van der Waals surface area contributed by atoms with E-state index in [1.165, 1.54) is 44.0 Å². The van der Waals surface area contributed by atoms with Crippen molar-refractivity contribution in [2.45, 2.75) is 0 Å². The van der Waals surface area contributed by atoms with Crippen molar-refractivity contribution in [3.63, 3.8) is 0 Å². The molecule has 0 saturated heterocycles. The molecule has 44 heavy (non-hydrogen) atoms. The van der Waals surface area contributed by atoms with E-state index in [0.717, 1.165) is 45.1 Å². The molecule has 1 aromatic heterocycles. The van der Waals surface area contributed by atoms with Gasteiger partial charge >= 0.3 is 0 Å². The van der Waals surface area contributed by atoms with Gasteiger partial charge in [-0.1, -0.05) is 121 Å². The predicted octanol–water partition coefficient (Wildman–Crippen LogP) is 12.0. The number of hydrogen-bond donors (Lipinski definition) is 0. The van der Waals surface area contributed by atoms with Crippen molar-refractivity contribution in [3.05, 3.63) is 158 Å². The van der Waals surface area contributed by atoms with Crippen molar-refractivity contribution in [1.82, 2.24) is 0 Å². The lowest BCUT2D eigenvalue weighted by atomic mass is 9.91. The van der Waals surface area contributed by atoms with E-state index in [4.69, 9.17) is 9.15 Å². The molecule has 2 heteroatoms. The first-order chi connectivity index (χ1) is 21.8. The molecule has 1 aliphatic rings. The number of ether oxygens (including phenoxy) is 1. The second-order valence-corrected chi connectivity index (χ2v) is 11.3. The van der Waals surface area contributed by atoms with Crippen LogP contribution in [0, 0.1) is 0 Å². The Kier molecular flexibility index (Phi) is 5.54. The minimum Gasteiger partial charge on any atom is -0.456 e. The number of rotatable bonds is 4. The topological polar surface area (TPSA) is 22.4 Å². The van der Waals surface area contributed by atoms with Crippen LogP contribution in [0.15, 0.2) is 162 Å². The standard InChI is InChI=1S/C42H26O2/c1-2-8-27(9-3-1)33-14-4-10-30-11-5-15-34(41(30)33)28-18-20-29(21-19-28)37-24-25-38(43-37)32-22-23-39-36(26-32)35-16-6-12-31-13-7-17-40(44-39)42(31)35/h1-26H. The van der Waals surface area contributed by atoms with Crippen molar-refractivity contribution < 1.29 is 9.15 Å². The fraction of sp³-hybridized carbons (Fsp3) is 0. The van der Waals surface area contributed by atoms with Gasteiger partial charge in [0.1, 0.15) is 23.0 Å². The molecule has 0 N–H and O–H groups in total. The van der Waals surface area contributed by atoms with Gasteiger partial charge in [0.25, 0.3) is 0 Å². The molecule has 0 spiro atoms. The molecule has 1 aliphatic heterocycles. The molecule has 9 rings (SSSR count). The summed E-state index contributed by atoms with van der Waals surface area (Å²) in [6, 6.07) is 55.4. The Bertz CT molecular complexity index is 2330. The maximum Gasteiger partial charge on any atom is 0.135 e. The fourth-order valence-electron chi connectivity index (χ4n) is 6.62.